The lowest BCUT2D eigenvalue weighted by atomic mass is 10.4. The van der Waals surface area contributed by atoms with Crippen molar-refractivity contribution < 1.29 is 8.42 Å². The third-order valence-electron chi connectivity index (χ3n) is 3.31. The Kier molecular flexibility index (Phi) is 4.42. The van der Waals surface area contributed by atoms with E-state index in [1.165, 1.54) is 28.5 Å². The van der Waals surface area contributed by atoms with Crippen molar-refractivity contribution in [2.24, 2.45) is 0 Å². The molecule has 1 saturated heterocycles. The molecule has 0 bridgehead atoms. The smallest absolute Gasteiger partial charge is 0.252 e. The van der Waals surface area contributed by atoms with Crippen LogP contribution in [-0.2, 0) is 10.0 Å². The SMILES string of the molecule is Cc1ccc(S(=O)(=O)N(C)CCN2CCCC2)s1. The Bertz CT molecular complexity index is 490. The maximum Gasteiger partial charge on any atom is 0.252 e. The number of hydrogen-bond acceptors (Lipinski definition) is 4. The van der Waals surface area contributed by atoms with Gasteiger partial charge in [0.15, 0.2) is 0 Å². The molecule has 0 amide bonds. The van der Waals surface area contributed by atoms with Crippen molar-refractivity contribution >= 4 is 21.4 Å². The molecule has 4 nitrogen and oxygen atoms in total. The number of thiophene rings is 1. The van der Waals surface area contributed by atoms with E-state index < -0.39 is 10.0 Å². The molecule has 1 fully saturated rings. The molecule has 1 aliphatic heterocycles. The molecule has 102 valence electrons. The second-order valence-electron chi connectivity index (χ2n) is 4.74. The topological polar surface area (TPSA) is 40.6 Å². The number of hydrogen-bond donors (Lipinski definition) is 0. The molecule has 18 heavy (non-hydrogen) atoms. The number of likely N-dealkylation sites (tertiary alicyclic amines) is 1. The van der Waals surface area contributed by atoms with Crippen LogP contribution in [0.5, 0.6) is 0 Å². The summed E-state index contributed by atoms with van der Waals surface area (Å²) in [7, 11) is -1.62. The predicted molar refractivity (Wildman–Crippen MR) is 74.5 cm³/mol. The Hall–Kier alpha value is -0.430. The number of nitrogens with zero attached hydrogens (tertiary/aromatic N) is 2. The Morgan fingerprint density at radius 2 is 2.00 bits per heavy atom. The van der Waals surface area contributed by atoms with Gasteiger partial charge in [-0.25, -0.2) is 8.42 Å². The average molecular weight is 288 g/mol. The fourth-order valence-corrected chi connectivity index (χ4v) is 4.77. The molecule has 0 radical (unpaired) electrons. The highest BCUT2D eigenvalue weighted by molar-refractivity contribution is 7.91. The Morgan fingerprint density at radius 3 is 2.56 bits per heavy atom. The van der Waals surface area contributed by atoms with Gasteiger partial charge in [0, 0.05) is 25.0 Å². The van der Waals surface area contributed by atoms with Crippen LogP contribution in [0.4, 0.5) is 0 Å². The lowest BCUT2D eigenvalue weighted by molar-refractivity contribution is 0.310. The minimum Gasteiger partial charge on any atom is -0.302 e. The monoisotopic (exact) mass is 288 g/mol. The van der Waals surface area contributed by atoms with E-state index in [9.17, 15) is 8.42 Å². The molecule has 0 N–H and O–H groups in total. The molecule has 1 aliphatic rings. The van der Waals surface area contributed by atoms with Gasteiger partial charge in [-0.2, -0.15) is 4.31 Å². The molecule has 0 spiro atoms. The van der Waals surface area contributed by atoms with Crippen molar-refractivity contribution in [2.75, 3.05) is 33.2 Å². The zero-order chi connectivity index (χ0) is 13.2. The van der Waals surface area contributed by atoms with Crippen LogP contribution < -0.4 is 0 Å². The largest absolute Gasteiger partial charge is 0.302 e. The van der Waals surface area contributed by atoms with E-state index in [1.54, 1.807) is 13.1 Å². The van der Waals surface area contributed by atoms with E-state index in [4.69, 9.17) is 0 Å². The van der Waals surface area contributed by atoms with Gasteiger partial charge in [0.1, 0.15) is 4.21 Å². The minimum atomic E-state index is -3.28. The van der Waals surface area contributed by atoms with Crippen molar-refractivity contribution in [1.82, 2.24) is 9.21 Å². The minimum absolute atomic E-state index is 0.448. The van der Waals surface area contributed by atoms with E-state index in [2.05, 4.69) is 4.90 Å². The van der Waals surface area contributed by atoms with Crippen LogP contribution in [-0.4, -0.2) is 50.8 Å². The molecule has 1 aromatic heterocycles. The maximum atomic E-state index is 12.3. The van der Waals surface area contributed by atoms with E-state index in [1.807, 2.05) is 13.0 Å². The van der Waals surface area contributed by atoms with Crippen LogP contribution in [0.15, 0.2) is 16.3 Å². The van der Waals surface area contributed by atoms with Gasteiger partial charge in [0.25, 0.3) is 10.0 Å². The van der Waals surface area contributed by atoms with Crippen molar-refractivity contribution in [1.29, 1.82) is 0 Å². The first-order chi connectivity index (χ1) is 8.50. The van der Waals surface area contributed by atoms with Gasteiger partial charge in [-0.05, 0) is 45.0 Å². The van der Waals surface area contributed by atoms with Gasteiger partial charge >= 0.3 is 0 Å². The molecule has 0 aromatic carbocycles. The Labute approximate surface area is 113 Å². The molecule has 0 aliphatic carbocycles. The van der Waals surface area contributed by atoms with Gasteiger partial charge < -0.3 is 4.90 Å². The van der Waals surface area contributed by atoms with Gasteiger partial charge in [-0.1, -0.05) is 0 Å². The van der Waals surface area contributed by atoms with Crippen LogP contribution in [0.25, 0.3) is 0 Å². The van der Waals surface area contributed by atoms with Crippen LogP contribution in [0.3, 0.4) is 0 Å². The van der Waals surface area contributed by atoms with Crippen molar-refractivity contribution in [3.8, 4) is 0 Å². The lowest BCUT2D eigenvalue weighted by Crippen LogP contribution is -2.34. The number of aryl methyl sites for hydroxylation is 1. The second kappa shape index (κ2) is 5.69. The van der Waals surface area contributed by atoms with E-state index in [-0.39, 0.29) is 0 Å². The van der Waals surface area contributed by atoms with Gasteiger partial charge in [0.2, 0.25) is 0 Å². The number of sulfonamides is 1. The van der Waals surface area contributed by atoms with Gasteiger partial charge in [0.05, 0.1) is 0 Å². The van der Waals surface area contributed by atoms with Crippen LogP contribution >= 0.6 is 11.3 Å². The van der Waals surface area contributed by atoms with Crippen molar-refractivity contribution in [2.45, 2.75) is 24.0 Å². The van der Waals surface area contributed by atoms with Gasteiger partial charge in [-0.3, -0.25) is 0 Å². The summed E-state index contributed by atoms with van der Waals surface area (Å²) < 4.78 is 26.5. The highest BCUT2D eigenvalue weighted by Gasteiger charge is 2.23. The predicted octanol–water partition coefficient (Wildman–Crippen LogP) is 1.77. The fraction of sp³-hybridized carbons (Fsp3) is 0.667. The molecular weight excluding hydrogens is 268 g/mol. The van der Waals surface area contributed by atoms with Crippen LogP contribution in [0.2, 0.25) is 0 Å². The Morgan fingerprint density at radius 1 is 1.33 bits per heavy atom. The summed E-state index contributed by atoms with van der Waals surface area (Å²) in [6.07, 6.45) is 2.47. The maximum absolute atomic E-state index is 12.3. The summed E-state index contributed by atoms with van der Waals surface area (Å²) in [6, 6.07) is 3.55. The first-order valence-electron chi connectivity index (χ1n) is 6.25. The third kappa shape index (κ3) is 3.12. The van der Waals surface area contributed by atoms with Crippen LogP contribution in [0.1, 0.15) is 17.7 Å². The quantitative estimate of drug-likeness (QED) is 0.829. The zero-order valence-electron chi connectivity index (χ0n) is 10.9. The standard InChI is InChI=1S/C12H20N2O2S2/c1-11-5-6-12(17-11)18(15,16)13(2)9-10-14-7-3-4-8-14/h5-6H,3-4,7-10H2,1-2H3. The fourth-order valence-electron chi connectivity index (χ4n) is 2.11. The average Bonchev–Trinajstić information content (AvgIpc) is 2.96. The highest BCUT2D eigenvalue weighted by atomic mass is 32.2. The molecule has 0 unspecified atom stereocenters. The van der Waals surface area contributed by atoms with Crippen molar-refractivity contribution in [3.05, 3.63) is 17.0 Å². The van der Waals surface area contributed by atoms with Crippen LogP contribution in [0, 0.1) is 6.92 Å². The summed E-state index contributed by atoms with van der Waals surface area (Å²) >= 11 is 1.34. The Balaban J connectivity index is 1.96. The van der Waals surface area contributed by atoms with E-state index in [0.717, 1.165) is 24.5 Å². The first kappa shape index (κ1) is 14.0. The van der Waals surface area contributed by atoms with E-state index >= 15 is 0 Å². The van der Waals surface area contributed by atoms with E-state index in [0.29, 0.717) is 10.8 Å². The lowest BCUT2D eigenvalue weighted by Gasteiger charge is -2.20. The second-order valence-corrected chi connectivity index (χ2v) is 8.30. The van der Waals surface area contributed by atoms with Crippen molar-refractivity contribution in [3.63, 3.8) is 0 Å². The highest BCUT2D eigenvalue weighted by Crippen LogP contribution is 2.23. The molecule has 2 rings (SSSR count). The van der Waals surface area contributed by atoms with Gasteiger partial charge in [-0.15, -0.1) is 11.3 Å². The summed E-state index contributed by atoms with van der Waals surface area (Å²) in [4.78, 5) is 3.35. The zero-order valence-corrected chi connectivity index (χ0v) is 12.6. The third-order valence-corrected chi connectivity index (χ3v) is 6.64. The summed E-state index contributed by atoms with van der Waals surface area (Å²) in [5, 5.41) is 0. The molecule has 2 heterocycles. The molecule has 1 aromatic rings. The molecular formula is C12H20N2O2S2. The summed E-state index contributed by atoms with van der Waals surface area (Å²) in [5.41, 5.74) is 0. The number of rotatable bonds is 5. The molecule has 0 saturated carbocycles. The normalized spacial score (nSPS) is 17.7. The molecule has 0 atom stereocenters. The number of likely N-dealkylation sites (N-methyl/N-ethyl adjacent to an activating group) is 1. The molecule has 6 heteroatoms. The first-order valence-corrected chi connectivity index (χ1v) is 8.51. The summed E-state index contributed by atoms with van der Waals surface area (Å²) in [5.74, 6) is 0. The summed E-state index contributed by atoms with van der Waals surface area (Å²) in [6.45, 7) is 5.53.